The number of hydrogen-bond donors (Lipinski definition) is 1. The number of halogens is 3. The number of aliphatic hydroxyl groups excluding tert-OH is 1. The van der Waals surface area contributed by atoms with E-state index in [1.165, 1.54) is 5.56 Å². The molecule has 0 saturated carbocycles. The van der Waals surface area contributed by atoms with Crippen LogP contribution in [-0.2, 0) is 17.9 Å². The third-order valence-electron chi connectivity index (χ3n) is 5.27. The lowest BCUT2D eigenvalue weighted by atomic mass is 10.1. The van der Waals surface area contributed by atoms with Crippen molar-refractivity contribution in [2.24, 2.45) is 0 Å². The SMILES string of the molecule is Cl.Cl.OC(COCc1ccc(Cl)cc1)CN1CCN(Cc2ccc3c(c2)OCO3)CC1. The predicted molar refractivity (Wildman–Crippen MR) is 126 cm³/mol. The van der Waals surface area contributed by atoms with E-state index in [9.17, 15) is 5.11 Å². The summed E-state index contributed by atoms with van der Waals surface area (Å²) in [5.41, 5.74) is 2.29. The summed E-state index contributed by atoms with van der Waals surface area (Å²) in [4.78, 5) is 4.73. The van der Waals surface area contributed by atoms with Gasteiger partial charge in [-0.3, -0.25) is 9.80 Å². The monoisotopic (exact) mass is 490 g/mol. The average molecular weight is 492 g/mol. The third kappa shape index (κ3) is 7.68. The molecule has 1 N–H and O–H groups in total. The van der Waals surface area contributed by atoms with Gasteiger partial charge in [-0.05, 0) is 35.4 Å². The molecule has 0 radical (unpaired) electrons. The highest BCUT2D eigenvalue weighted by Gasteiger charge is 2.20. The Morgan fingerprint density at radius 3 is 2.29 bits per heavy atom. The normalized spacial score (nSPS) is 17.0. The number of hydrogen-bond acceptors (Lipinski definition) is 6. The average Bonchev–Trinajstić information content (AvgIpc) is 3.19. The van der Waals surface area contributed by atoms with Crippen LogP contribution in [0.5, 0.6) is 11.5 Å². The Balaban J connectivity index is 0.00000171. The fraction of sp³-hybridized carbons (Fsp3) is 0.455. The Morgan fingerprint density at radius 1 is 0.903 bits per heavy atom. The van der Waals surface area contributed by atoms with Crippen molar-refractivity contribution in [1.29, 1.82) is 0 Å². The van der Waals surface area contributed by atoms with Crippen molar-refractivity contribution < 1.29 is 19.3 Å². The molecule has 1 fully saturated rings. The highest BCUT2D eigenvalue weighted by molar-refractivity contribution is 6.30. The highest BCUT2D eigenvalue weighted by atomic mass is 35.5. The van der Waals surface area contributed by atoms with Crippen molar-refractivity contribution in [2.75, 3.05) is 46.1 Å². The molecule has 0 spiro atoms. The van der Waals surface area contributed by atoms with Crippen LogP contribution in [0, 0.1) is 0 Å². The minimum atomic E-state index is -0.484. The molecule has 9 heteroatoms. The van der Waals surface area contributed by atoms with Crippen LogP contribution in [0.4, 0.5) is 0 Å². The Hall–Kier alpha value is -1.25. The molecule has 0 aliphatic carbocycles. The van der Waals surface area contributed by atoms with Crippen LogP contribution >= 0.6 is 36.4 Å². The number of nitrogens with zero attached hydrogens (tertiary/aromatic N) is 2. The second kappa shape index (κ2) is 12.7. The zero-order chi connectivity index (χ0) is 20.1. The first kappa shape index (κ1) is 26.0. The molecule has 4 rings (SSSR count). The second-order valence-corrected chi connectivity index (χ2v) is 8.00. The van der Waals surface area contributed by atoms with Crippen LogP contribution in [-0.4, -0.2) is 67.1 Å². The standard InChI is InChI=1S/C22H27ClN2O4.2ClH/c23-19-4-1-17(2-5-19)14-27-15-20(26)13-25-9-7-24(8-10-25)12-18-3-6-21-22(11-18)29-16-28-21;;/h1-6,11,20,26H,7-10,12-16H2;2*1H. The van der Waals surface area contributed by atoms with Crippen LogP contribution in [0.15, 0.2) is 42.5 Å². The number of aliphatic hydroxyl groups is 1. The summed E-state index contributed by atoms with van der Waals surface area (Å²) in [6, 6.07) is 13.7. The molecule has 2 heterocycles. The van der Waals surface area contributed by atoms with Crippen molar-refractivity contribution >= 4 is 36.4 Å². The van der Waals surface area contributed by atoms with Gasteiger partial charge in [-0.25, -0.2) is 0 Å². The molecule has 172 valence electrons. The number of piperazine rings is 1. The van der Waals surface area contributed by atoms with E-state index in [-0.39, 0.29) is 24.8 Å². The van der Waals surface area contributed by atoms with Gasteiger partial charge < -0.3 is 19.3 Å². The molecular weight excluding hydrogens is 463 g/mol. The van der Waals surface area contributed by atoms with Crippen molar-refractivity contribution in [3.8, 4) is 11.5 Å². The van der Waals surface area contributed by atoms with E-state index < -0.39 is 6.10 Å². The maximum atomic E-state index is 10.3. The van der Waals surface area contributed by atoms with Crippen molar-refractivity contribution in [3.63, 3.8) is 0 Å². The fourth-order valence-electron chi connectivity index (χ4n) is 3.67. The third-order valence-corrected chi connectivity index (χ3v) is 5.52. The first-order valence-electron chi connectivity index (χ1n) is 9.99. The van der Waals surface area contributed by atoms with Crippen molar-refractivity contribution in [2.45, 2.75) is 19.3 Å². The molecule has 0 bridgehead atoms. The van der Waals surface area contributed by atoms with Gasteiger partial charge in [0.15, 0.2) is 11.5 Å². The summed E-state index contributed by atoms with van der Waals surface area (Å²) in [6.07, 6.45) is -0.484. The van der Waals surface area contributed by atoms with Crippen molar-refractivity contribution in [3.05, 3.63) is 58.6 Å². The maximum Gasteiger partial charge on any atom is 0.231 e. The lowest BCUT2D eigenvalue weighted by Crippen LogP contribution is -2.48. The van der Waals surface area contributed by atoms with E-state index >= 15 is 0 Å². The molecule has 2 aliphatic heterocycles. The summed E-state index contributed by atoms with van der Waals surface area (Å²) >= 11 is 5.88. The zero-order valence-corrected chi connectivity index (χ0v) is 19.6. The van der Waals surface area contributed by atoms with E-state index in [0.29, 0.717) is 31.6 Å². The molecule has 0 amide bonds. The molecule has 31 heavy (non-hydrogen) atoms. The van der Waals surface area contributed by atoms with Gasteiger partial charge in [0, 0.05) is 44.3 Å². The molecule has 1 atom stereocenters. The Morgan fingerprint density at radius 2 is 1.55 bits per heavy atom. The lowest BCUT2D eigenvalue weighted by Gasteiger charge is -2.35. The molecule has 2 aliphatic rings. The van der Waals surface area contributed by atoms with Gasteiger partial charge in [-0.2, -0.15) is 0 Å². The molecular formula is C22H29Cl3N2O4. The number of ether oxygens (including phenoxy) is 3. The molecule has 2 aromatic rings. The van der Waals surface area contributed by atoms with E-state index in [1.54, 1.807) is 0 Å². The Bertz CT molecular complexity index is 802. The number of fused-ring (bicyclic) bond motifs is 1. The molecule has 1 unspecified atom stereocenters. The summed E-state index contributed by atoms with van der Waals surface area (Å²) in [5.74, 6) is 1.66. The van der Waals surface area contributed by atoms with Gasteiger partial charge >= 0.3 is 0 Å². The van der Waals surface area contributed by atoms with Crippen LogP contribution in [0.3, 0.4) is 0 Å². The molecule has 1 saturated heterocycles. The first-order chi connectivity index (χ1) is 14.2. The Labute approximate surface area is 200 Å². The van der Waals surface area contributed by atoms with E-state index in [0.717, 1.165) is 49.8 Å². The first-order valence-corrected chi connectivity index (χ1v) is 10.4. The topological polar surface area (TPSA) is 54.4 Å². The highest BCUT2D eigenvalue weighted by Crippen LogP contribution is 2.32. The summed E-state index contributed by atoms with van der Waals surface area (Å²) < 4.78 is 16.5. The summed E-state index contributed by atoms with van der Waals surface area (Å²) in [7, 11) is 0. The van der Waals surface area contributed by atoms with Gasteiger partial charge in [0.25, 0.3) is 0 Å². The van der Waals surface area contributed by atoms with Crippen LogP contribution in [0.1, 0.15) is 11.1 Å². The zero-order valence-electron chi connectivity index (χ0n) is 17.2. The smallest absolute Gasteiger partial charge is 0.231 e. The summed E-state index contributed by atoms with van der Waals surface area (Å²) in [6.45, 7) is 6.51. The summed E-state index contributed by atoms with van der Waals surface area (Å²) in [5, 5.41) is 11.0. The number of benzene rings is 2. The maximum absolute atomic E-state index is 10.3. The predicted octanol–water partition coefficient (Wildman–Crippen LogP) is 3.61. The van der Waals surface area contributed by atoms with Gasteiger partial charge in [0.1, 0.15) is 0 Å². The minimum Gasteiger partial charge on any atom is -0.454 e. The lowest BCUT2D eigenvalue weighted by molar-refractivity contribution is 0.000875. The molecule has 0 aromatic heterocycles. The van der Waals surface area contributed by atoms with Gasteiger partial charge in [0.05, 0.1) is 19.3 Å². The van der Waals surface area contributed by atoms with E-state index in [2.05, 4.69) is 21.9 Å². The fourth-order valence-corrected chi connectivity index (χ4v) is 3.80. The Kier molecular flexibility index (Phi) is 10.7. The largest absolute Gasteiger partial charge is 0.454 e. The van der Waals surface area contributed by atoms with Crippen LogP contribution < -0.4 is 9.47 Å². The second-order valence-electron chi connectivity index (χ2n) is 7.56. The van der Waals surface area contributed by atoms with E-state index in [4.69, 9.17) is 25.8 Å². The molecule has 2 aromatic carbocycles. The van der Waals surface area contributed by atoms with E-state index in [1.807, 2.05) is 30.3 Å². The number of rotatable bonds is 8. The molecule has 6 nitrogen and oxygen atoms in total. The van der Waals surface area contributed by atoms with Crippen LogP contribution in [0.2, 0.25) is 5.02 Å². The van der Waals surface area contributed by atoms with Gasteiger partial charge in [0.2, 0.25) is 6.79 Å². The van der Waals surface area contributed by atoms with Crippen molar-refractivity contribution in [1.82, 2.24) is 9.80 Å². The number of β-amino-alcohol motifs (C(OH)–C–C–N with tert-alkyl or cyclic N) is 1. The minimum absolute atomic E-state index is 0. The van der Waals surface area contributed by atoms with Gasteiger partial charge in [-0.1, -0.05) is 29.8 Å². The quantitative estimate of drug-likeness (QED) is 0.609. The van der Waals surface area contributed by atoms with Crippen LogP contribution in [0.25, 0.3) is 0 Å². The van der Waals surface area contributed by atoms with Gasteiger partial charge in [-0.15, -0.1) is 24.8 Å².